The van der Waals surface area contributed by atoms with Crippen molar-refractivity contribution in [2.75, 3.05) is 11.4 Å². The Labute approximate surface area is 188 Å². The Bertz CT molecular complexity index is 1070. The van der Waals surface area contributed by atoms with Gasteiger partial charge in [-0.05, 0) is 54.2 Å². The molecule has 0 spiro atoms. The summed E-state index contributed by atoms with van der Waals surface area (Å²) >= 11 is 0. The highest BCUT2D eigenvalue weighted by Crippen LogP contribution is 2.37. The number of benzene rings is 2. The van der Waals surface area contributed by atoms with Crippen molar-refractivity contribution in [2.24, 2.45) is 0 Å². The molecule has 0 unspecified atom stereocenters. The summed E-state index contributed by atoms with van der Waals surface area (Å²) in [6.07, 6.45) is 2.76. The van der Waals surface area contributed by atoms with Crippen molar-refractivity contribution in [3.63, 3.8) is 0 Å². The second kappa shape index (κ2) is 10.3. The fourth-order valence-electron chi connectivity index (χ4n) is 4.09. The van der Waals surface area contributed by atoms with Gasteiger partial charge in [-0.15, -0.1) is 0 Å². The van der Waals surface area contributed by atoms with E-state index in [1.807, 2.05) is 54.6 Å². The quantitative estimate of drug-likeness (QED) is 0.529. The van der Waals surface area contributed by atoms with Gasteiger partial charge in [0.1, 0.15) is 12.4 Å². The van der Waals surface area contributed by atoms with Gasteiger partial charge in [0.15, 0.2) is 0 Å². The van der Waals surface area contributed by atoms with E-state index >= 15 is 0 Å². The number of carboxylic acid groups (broad SMARTS) is 1. The van der Waals surface area contributed by atoms with E-state index in [2.05, 4.69) is 16.0 Å². The molecule has 0 radical (unpaired) electrons. The number of anilines is 1. The molecule has 0 fully saturated rings. The molecule has 166 valence electrons. The fourth-order valence-corrected chi connectivity index (χ4v) is 4.09. The zero-order valence-corrected chi connectivity index (χ0v) is 18.0. The van der Waals surface area contributed by atoms with Crippen LogP contribution in [0.15, 0.2) is 60.7 Å². The summed E-state index contributed by atoms with van der Waals surface area (Å²) in [5.74, 6) is 0.0737. The third-order valence-electron chi connectivity index (χ3n) is 5.70. The maximum absolute atomic E-state index is 10.8. The topological polar surface area (TPSA) is 82.9 Å². The second-order valence-electron chi connectivity index (χ2n) is 8.07. The molecule has 1 aliphatic rings. The molecule has 0 atom stereocenters. The van der Waals surface area contributed by atoms with Crippen LogP contribution < -0.4 is 9.64 Å². The number of hydrogen-bond acceptors (Lipinski definition) is 5. The Morgan fingerprint density at radius 1 is 1.00 bits per heavy atom. The largest absolute Gasteiger partial charge is 0.487 e. The Kier molecular flexibility index (Phi) is 7.02. The Hall–Kier alpha value is -3.38. The summed E-state index contributed by atoms with van der Waals surface area (Å²) in [6, 6.07) is 19.9. The molecular weight excluding hydrogens is 404 g/mol. The molecule has 2 aromatic carbocycles. The lowest BCUT2D eigenvalue weighted by atomic mass is 10.0. The van der Waals surface area contributed by atoms with E-state index in [4.69, 9.17) is 9.84 Å². The van der Waals surface area contributed by atoms with Crippen LogP contribution in [0.5, 0.6) is 5.75 Å². The summed E-state index contributed by atoms with van der Waals surface area (Å²) in [4.78, 5) is 17.6. The molecule has 2 heterocycles. The van der Waals surface area contributed by atoms with E-state index in [1.165, 1.54) is 5.56 Å². The van der Waals surface area contributed by atoms with Crippen LogP contribution in [0.25, 0.3) is 0 Å². The predicted octanol–water partition coefficient (Wildman–Crippen LogP) is 4.12. The van der Waals surface area contributed by atoms with Gasteiger partial charge in [-0.2, -0.15) is 0 Å². The van der Waals surface area contributed by atoms with Crippen molar-refractivity contribution in [1.29, 1.82) is 0 Å². The number of para-hydroxylation sites is 1. The number of fused-ring (bicyclic) bond motifs is 1. The number of hydrogen-bond donors (Lipinski definition) is 2. The lowest BCUT2D eigenvalue weighted by Gasteiger charge is -2.32. The van der Waals surface area contributed by atoms with Crippen molar-refractivity contribution >= 4 is 11.7 Å². The van der Waals surface area contributed by atoms with Crippen molar-refractivity contribution in [1.82, 2.24) is 4.98 Å². The van der Waals surface area contributed by atoms with Gasteiger partial charge in [0, 0.05) is 13.0 Å². The molecule has 3 aromatic rings. The fraction of sp³-hybridized carbons (Fsp3) is 0.308. The molecule has 0 bridgehead atoms. The van der Waals surface area contributed by atoms with Crippen LogP contribution in [0, 0.1) is 0 Å². The molecule has 0 amide bonds. The van der Waals surface area contributed by atoms with Gasteiger partial charge in [-0.1, -0.05) is 42.5 Å². The van der Waals surface area contributed by atoms with Gasteiger partial charge < -0.3 is 19.8 Å². The first-order valence-corrected chi connectivity index (χ1v) is 11.0. The molecular formula is C26H28N2O4. The first-order chi connectivity index (χ1) is 15.6. The van der Waals surface area contributed by atoms with Crippen molar-refractivity contribution < 1.29 is 19.7 Å². The molecule has 4 rings (SSSR count). The highest BCUT2D eigenvalue weighted by Gasteiger charge is 2.22. The molecule has 1 aromatic heterocycles. The Balaban J connectivity index is 1.48. The van der Waals surface area contributed by atoms with E-state index < -0.39 is 5.97 Å². The molecule has 0 saturated carbocycles. The Morgan fingerprint density at radius 3 is 2.53 bits per heavy atom. The molecule has 6 heteroatoms. The van der Waals surface area contributed by atoms with Gasteiger partial charge in [0.2, 0.25) is 0 Å². The van der Waals surface area contributed by atoms with Crippen molar-refractivity contribution in [2.45, 2.75) is 45.4 Å². The first kappa shape index (κ1) is 21.8. The molecule has 2 N–H and O–H groups in total. The lowest BCUT2D eigenvalue weighted by molar-refractivity contribution is -0.136. The number of carbonyl (C=O) groups is 1. The zero-order chi connectivity index (χ0) is 22.3. The smallest absolute Gasteiger partial charge is 0.303 e. The predicted molar refractivity (Wildman–Crippen MR) is 123 cm³/mol. The number of aliphatic carboxylic acids is 1. The van der Waals surface area contributed by atoms with Crippen molar-refractivity contribution in [3.05, 3.63) is 88.7 Å². The number of aromatic nitrogens is 1. The van der Waals surface area contributed by atoms with Crippen LogP contribution in [-0.2, 0) is 37.4 Å². The van der Waals surface area contributed by atoms with E-state index in [-0.39, 0.29) is 13.0 Å². The van der Waals surface area contributed by atoms with Gasteiger partial charge >= 0.3 is 5.97 Å². The summed E-state index contributed by atoms with van der Waals surface area (Å²) in [5.41, 5.74) is 6.05. The lowest BCUT2D eigenvalue weighted by Crippen LogP contribution is -2.29. The number of pyridine rings is 1. The number of aliphatic hydroxyl groups excluding tert-OH is 1. The van der Waals surface area contributed by atoms with E-state index in [1.54, 1.807) is 0 Å². The SMILES string of the molecule is O=C(O)CCc1ccc(COc2cccc3c2N(Cc2cccc(CO)n2)CCC3)cc1. The highest BCUT2D eigenvalue weighted by molar-refractivity contribution is 5.67. The highest BCUT2D eigenvalue weighted by atomic mass is 16.5. The van der Waals surface area contributed by atoms with E-state index in [0.29, 0.717) is 25.3 Å². The minimum Gasteiger partial charge on any atom is -0.487 e. The van der Waals surface area contributed by atoms with Crippen LogP contribution in [-0.4, -0.2) is 27.7 Å². The average molecular weight is 433 g/mol. The Morgan fingerprint density at radius 2 is 1.75 bits per heavy atom. The van der Waals surface area contributed by atoms with Gasteiger partial charge in [0.05, 0.1) is 30.2 Å². The molecule has 0 aliphatic carbocycles. The number of ether oxygens (including phenoxy) is 1. The van der Waals surface area contributed by atoms with Gasteiger partial charge in [-0.25, -0.2) is 0 Å². The van der Waals surface area contributed by atoms with Crippen LogP contribution in [0.2, 0.25) is 0 Å². The van der Waals surface area contributed by atoms with E-state index in [0.717, 1.165) is 47.6 Å². The summed E-state index contributed by atoms with van der Waals surface area (Å²) in [7, 11) is 0. The maximum Gasteiger partial charge on any atom is 0.303 e. The van der Waals surface area contributed by atoms with Crippen LogP contribution >= 0.6 is 0 Å². The average Bonchev–Trinajstić information content (AvgIpc) is 2.82. The number of aryl methyl sites for hydroxylation is 2. The summed E-state index contributed by atoms with van der Waals surface area (Å²) in [5, 5.41) is 18.2. The van der Waals surface area contributed by atoms with E-state index in [9.17, 15) is 9.90 Å². The van der Waals surface area contributed by atoms with Gasteiger partial charge in [-0.3, -0.25) is 9.78 Å². The second-order valence-corrected chi connectivity index (χ2v) is 8.07. The first-order valence-electron chi connectivity index (χ1n) is 11.0. The third kappa shape index (κ3) is 5.45. The summed E-state index contributed by atoms with van der Waals surface area (Å²) < 4.78 is 6.25. The molecule has 1 aliphatic heterocycles. The maximum atomic E-state index is 10.8. The van der Waals surface area contributed by atoms with Crippen LogP contribution in [0.4, 0.5) is 5.69 Å². The third-order valence-corrected chi connectivity index (χ3v) is 5.70. The number of aliphatic hydroxyl groups is 1. The minimum absolute atomic E-state index is 0.0616. The summed E-state index contributed by atoms with van der Waals surface area (Å²) in [6.45, 7) is 1.98. The number of nitrogens with zero attached hydrogens (tertiary/aromatic N) is 2. The van der Waals surface area contributed by atoms with Crippen LogP contribution in [0.1, 0.15) is 40.9 Å². The monoisotopic (exact) mass is 432 g/mol. The molecule has 6 nitrogen and oxygen atoms in total. The number of rotatable bonds is 9. The standard InChI is InChI=1S/C26H28N2O4/c29-17-23-7-2-6-22(27-23)16-28-15-3-5-21-4-1-8-24(26(21)28)32-18-20-11-9-19(10-12-20)13-14-25(30)31/h1-2,4,6-12,29H,3,5,13-18H2,(H,30,31). The number of carboxylic acids is 1. The normalized spacial score (nSPS) is 13.0. The van der Waals surface area contributed by atoms with Gasteiger partial charge in [0.25, 0.3) is 0 Å². The molecule has 0 saturated heterocycles. The van der Waals surface area contributed by atoms with Crippen molar-refractivity contribution in [3.8, 4) is 5.75 Å². The zero-order valence-electron chi connectivity index (χ0n) is 18.0. The van der Waals surface area contributed by atoms with Crippen LogP contribution in [0.3, 0.4) is 0 Å². The minimum atomic E-state index is -0.783. The molecule has 32 heavy (non-hydrogen) atoms.